The second-order valence-corrected chi connectivity index (χ2v) is 5.86. The summed E-state index contributed by atoms with van der Waals surface area (Å²) in [5.74, 6) is 1.55. The molecule has 0 spiro atoms. The van der Waals surface area contributed by atoms with Gasteiger partial charge in [-0.2, -0.15) is 0 Å². The van der Waals surface area contributed by atoms with Crippen molar-refractivity contribution >= 4 is 0 Å². The van der Waals surface area contributed by atoms with Crippen LogP contribution >= 0.6 is 0 Å². The molecule has 20 heavy (non-hydrogen) atoms. The summed E-state index contributed by atoms with van der Waals surface area (Å²) in [6.45, 7) is 2.81. The van der Waals surface area contributed by atoms with Gasteiger partial charge in [-0.3, -0.25) is 0 Å². The van der Waals surface area contributed by atoms with Gasteiger partial charge in [0.05, 0.1) is 13.7 Å². The first-order valence-corrected chi connectivity index (χ1v) is 7.72. The SMILES string of the molecule is COc1ccccc1C(OCC1CCCCC1)C(C)N. The molecule has 0 aromatic heterocycles. The van der Waals surface area contributed by atoms with Crippen LogP contribution in [0.3, 0.4) is 0 Å². The first-order valence-electron chi connectivity index (χ1n) is 7.72. The van der Waals surface area contributed by atoms with Crippen molar-refractivity contribution in [1.82, 2.24) is 0 Å². The maximum absolute atomic E-state index is 6.17. The molecule has 2 N–H and O–H groups in total. The highest BCUT2D eigenvalue weighted by molar-refractivity contribution is 5.35. The Hall–Kier alpha value is -1.06. The molecule has 2 unspecified atom stereocenters. The summed E-state index contributed by atoms with van der Waals surface area (Å²) in [4.78, 5) is 0. The van der Waals surface area contributed by atoms with Gasteiger partial charge in [0.1, 0.15) is 11.9 Å². The largest absolute Gasteiger partial charge is 0.496 e. The number of ether oxygens (including phenoxy) is 2. The molecule has 2 rings (SSSR count). The van der Waals surface area contributed by atoms with Crippen molar-refractivity contribution < 1.29 is 9.47 Å². The van der Waals surface area contributed by atoms with Gasteiger partial charge in [0.25, 0.3) is 0 Å². The summed E-state index contributed by atoms with van der Waals surface area (Å²) < 4.78 is 11.6. The van der Waals surface area contributed by atoms with Crippen LogP contribution < -0.4 is 10.5 Å². The lowest BCUT2D eigenvalue weighted by atomic mass is 9.90. The Morgan fingerprint density at radius 2 is 1.90 bits per heavy atom. The van der Waals surface area contributed by atoms with Crippen molar-refractivity contribution in [2.45, 2.75) is 51.2 Å². The Bertz CT molecular complexity index is 400. The minimum atomic E-state index is -0.0897. The quantitative estimate of drug-likeness (QED) is 0.862. The standard InChI is InChI=1S/C17H27NO2/c1-13(18)17(15-10-6-7-11-16(15)19-2)20-12-14-8-4-3-5-9-14/h6-7,10-11,13-14,17H,3-5,8-9,12,18H2,1-2H3. The van der Waals surface area contributed by atoms with E-state index in [9.17, 15) is 0 Å². The Kier molecular flexibility index (Phi) is 5.86. The monoisotopic (exact) mass is 277 g/mol. The van der Waals surface area contributed by atoms with Gasteiger partial charge in [-0.05, 0) is 31.7 Å². The van der Waals surface area contributed by atoms with Crippen molar-refractivity contribution in [1.29, 1.82) is 0 Å². The summed E-state index contributed by atoms with van der Waals surface area (Å²) in [5, 5.41) is 0. The number of hydrogen-bond donors (Lipinski definition) is 1. The predicted molar refractivity (Wildman–Crippen MR) is 81.9 cm³/mol. The Labute approximate surface area is 122 Å². The lowest BCUT2D eigenvalue weighted by molar-refractivity contribution is 0.00704. The van der Waals surface area contributed by atoms with Gasteiger partial charge in [-0.15, -0.1) is 0 Å². The Morgan fingerprint density at radius 1 is 1.20 bits per heavy atom. The van der Waals surface area contributed by atoms with Crippen LogP contribution in [-0.4, -0.2) is 19.8 Å². The fraction of sp³-hybridized carbons (Fsp3) is 0.647. The van der Waals surface area contributed by atoms with Gasteiger partial charge in [-0.1, -0.05) is 37.5 Å². The van der Waals surface area contributed by atoms with E-state index in [1.165, 1.54) is 32.1 Å². The molecule has 1 saturated carbocycles. The van der Waals surface area contributed by atoms with E-state index in [0.29, 0.717) is 5.92 Å². The normalized spacial score (nSPS) is 19.6. The van der Waals surface area contributed by atoms with E-state index in [2.05, 4.69) is 0 Å². The molecular formula is C17H27NO2. The number of hydrogen-bond acceptors (Lipinski definition) is 3. The van der Waals surface area contributed by atoms with Gasteiger partial charge >= 0.3 is 0 Å². The van der Waals surface area contributed by atoms with Gasteiger partial charge in [0.2, 0.25) is 0 Å². The van der Waals surface area contributed by atoms with Crippen molar-refractivity contribution in [3.63, 3.8) is 0 Å². The van der Waals surface area contributed by atoms with Crippen LogP contribution in [0.4, 0.5) is 0 Å². The minimum Gasteiger partial charge on any atom is -0.496 e. The molecule has 0 aliphatic heterocycles. The number of rotatable bonds is 6. The molecule has 1 aliphatic rings. The lowest BCUT2D eigenvalue weighted by Gasteiger charge is -2.28. The zero-order valence-electron chi connectivity index (χ0n) is 12.7. The maximum atomic E-state index is 6.17. The van der Waals surface area contributed by atoms with Crippen molar-refractivity contribution in [3.8, 4) is 5.75 Å². The predicted octanol–water partition coefficient (Wildman–Crippen LogP) is 3.68. The van der Waals surface area contributed by atoms with E-state index >= 15 is 0 Å². The molecule has 0 heterocycles. The molecule has 112 valence electrons. The number of methoxy groups -OCH3 is 1. The van der Waals surface area contributed by atoms with Gasteiger partial charge in [-0.25, -0.2) is 0 Å². The molecule has 1 fully saturated rings. The third kappa shape index (κ3) is 3.97. The van der Waals surface area contributed by atoms with E-state index in [-0.39, 0.29) is 12.1 Å². The summed E-state index contributed by atoms with van der Waals surface area (Å²) in [6, 6.07) is 7.95. The molecule has 0 bridgehead atoms. The molecule has 1 aromatic rings. The first kappa shape index (κ1) is 15.3. The maximum Gasteiger partial charge on any atom is 0.124 e. The van der Waals surface area contributed by atoms with Crippen LogP contribution in [0.25, 0.3) is 0 Å². The summed E-state index contributed by atoms with van der Waals surface area (Å²) in [6.07, 6.45) is 6.54. The van der Waals surface area contributed by atoms with E-state index in [1.54, 1.807) is 7.11 Å². The second kappa shape index (κ2) is 7.65. The van der Waals surface area contributed by atoms with Crippen LogP contribution in [0, 0.1) is 5.92 Å². The van der Waals surface area contributed by atoms with Gasteiger partial charge in [0.15, 0.2) is 0 Å². The van der Waals surface area contributed by atoms with Crippen LogP contribution in [0.1, 0.15) is 50.7 Å². The molecule has 0 radical (unpaired) electrons. The van der Waals surface area contributed by atoms with Crippen LogP contribution in [-0.2, 0) is 4.74 Å². The second-order valence-electron chi connectivity index (χ2n) is 5.86. The van der Waals surface area contributed by atoms with Crippen LogP contribution in [0.5, 0.6) is 5.75 Å². The summed E-state index contributed by atoms with van der Waals surface area (Å²) in [5.41, 5.74) is 7.18. The highest BCUT2D eigenvalue weighted by atomic mass is 16.5. The molecule has 2 atom stereocenters. The van der Waals surface area contributed by atoms with E-state index in [4.69, 9.17) is 15.2 Å². The average Bonchev–Trinajstić information content (AvgIpc) is 2.48. The third-order valence-electron chi connectivity index (χ3n) is 4.16. The van der Waals surface area contributed by atoms with Crippen LogP contribution in [0.15, 0.2) is 24.3 Å². The fourth-order valence-electron chi connectivity index (χ4n) is 3.02. The zero-order chi connectivity index (χ0) is 14.4. The topological polar surface area (TPSA) is 44.5 Å². The molecule has 0 amide bonds. The Balaban J connectivity index is 2.02. The van der Waals surface area contributed by atoms with Crippen molar-refractivity contribution in [3.05, 3.63) is 29.8 Å². The molecule has 3 nitrogen and oxygen atoms in total. The summed E-state index contributed by atoms with van der Waals surface area (Å²) >= 11 is 0. The molecular weight excluding hydrogens is 250 g/mol. The first-order chi connectivity index (χ1) is 9.72. The highest BCUT2D eigenvalue weighted by Gasteiger charge is 2.23. The highest BCUT2D eigenvalue weighted by Crippen LogP contribution is 2.31. The smallest absolute Gasteiger partial charge is 0.124 e. The zero-order valence-corrected chi connectivity index (χ0v) is 12.7. The van der Waals surface area contributed by atoms with E-state index < -0.39 is 0 Å². The molecule has 0 saturated heterocycles. The van der Waals surface area contributed by atoms with Gasteiger partial charge < -0.3 is 15.2 Å². The Morgan fingerprint density at radius 3 is 2.55 bits per heavy atom. The van der Waals surface area contributed by atoms with Crippen molar-refractivity contribution in [2.24, 2.45) is 11.7 Å². The fourth-order valence-corrected chi connectivity index (χ4v) is 3.02. The minimum absolute atomic E-state index is 0.0464. The molecule has 1 aromatic carbocycles. The third-order valence-corrected chi connectivity index (χ3v) is 4.16. The molecule has 3 heteroatoms. The molecule has 1 aliphatic carbocycles. The number of nitrogens with two attached hydrogens (primary N) is 1. The van der Waals surface area contributed by atoms with E-state index in [1.807, 2.05) is 31.2 Å². The van der Waals surface area contributed by atoms with Gasteiger partial charge in [0, 0.05) is 11.6 Å². The summed E-state index contributed by atoms with van der Waals surface area (Å²) in [7, 11) is 1.69. The number of benzene rings is 1. The number of para-hydroxylation sites is 1. The van der Waals surface area contributed by atoms with Crippen LogP contribution in [0.2, 0.25) is 0 Å². The lowest BCUT2D eigenvalue weighted by Crippen LogP contribution is -2.29. The van der Waals surface area contributed by atoms with Crippen molar-refractivity contribution in [2.75, 3.05) is 13.7 Å². The average molecular weight is 277 g/mol. The van der Waals surface area contributed by atoms with E-state index in [0.717, 1.165) is 17.9 Å².